The molecule has 0 fully saturated rings. The number of hydrogen-bond donors (Lipinski definition) is 0. The van der Waals surface area contributed by atoms with Gasteiger partial charge in [-0.15, -0.1) is 0 Å². The molecule has 2 aliphatic heterocycles. The van der Waals surface area contributed by atoms with Crippen LogP contribution in [0.1, 0.15) is 22.9 Å². The molecule has 3 aromatic rings. The topological polar surface area (TPSA) is 60.8 Å². The first-order valence-electron chi connectivity index (χ1n) is 9.67. The Morgan fingerprint density at radius 2 is 1.69 bits per heavy atom. The van der Waals surface area contributed by atoms with Crippen molar-refractivity contribution in [2.75, 3.05) is 19.8 Å². The number of hydrogen-bond acceptors (Lipinski definition) is 4. The average Bonchev–Trinajstić information content (AvgIpc) is 3.22. The lowest BCUT2D eigenvalue weighted by Crippen LogP contribution is -2.42. The lowest BCUT2D eigenvalue weighted by Gasteiger charge is -2.36. The Morgan fingerprint density at radius 1 is 0.931 bits per heavy atom. The van der Waals surface area contributed by atoms with Crippen molar-refractivity contribution in [1.29, 1.82) is 0 Å². The number of aromatic nitrogens is 1. The maximum absolute atomic E-state index is 13.7. The predicted octanol–water partition coefficient (Wildman–Crippen LogP) is 3.36. The highest BCUT2D eigenvalue weighted by Gasteiger charge is 2.38. The van der Waals surface area contributed by atoms with Crippen molar-refractivity contribution in [2.24, 2.45) is 0 Å². The second kappa shape index (κ2) is 6.93. The quantitative estimate of drug-likeness (QED) is 0.664. The van der Waals surface area contributed by atoms with Crippen molar-refractivity contribution in [3.8, 4) is 11.5 Å². The molecule has 0 saturated carbocycles. The fraction of sp³-hybridized carbons (Fsp3) is 0.273. The van der Waals surface area contributed by atoms with Crippen LogP contribution in [0.15, 0.2) is 65.7 Å². The average molecular weight is 410 g/mol. The zero-order valence-corrected chi connectivity index (χ0v) is 16.9. The van der Waals surface area contributed by atoms with Crippen molar-refractivity contribution in [1.82, 2.24) is 8.87 Å². The Morgan fingerprint density at radius 3 is 2.48 bits per heavy atom. The van der Waals surface area contributed by atoms with Crippen molar-refractivity contribution in [3.63, 3.8) is 0 Å². The van der Waals surface area contributed by atoms with E-state index in [2.05, 4.69) is 4.57 Å². The Kier molecular flexibility index (Phi) is 4.37. The lowest BCUT2D eigenvalue weighted by molar-refractivity contribution is 0.171. The Labute approximate surface area is 170 Å². The fourth-order valence-electron chi connectivity index (χ4n) is 4.03. The molecule has 0 N–H and O–H groups in total. The van der Waals surface area contributed by atoms with Gasteiger partial charge in [-0.2, -0.15) is 4.31 Å². The molecule has 1 aromatic heterocycles. The van der Waals surface area contributed by atoms with Crippen LogP contribution >= 0.6 is 0 Å². The minimum Gasteiger partial charge on any atom is -0.486 e. The Bertz CT molecular complexity index is 1150. The van der Waals surface area contributed by atoms with Gasteiger partial charge in [0.1, 0.15) is 13.2 Å². The van der Waals surface area contributed by atoms with Gasteiger partial charge in [0.2, 0.25) is 10.0 Å². The second-order valence-corrected chi connectivity index (χ2v) is 9.25. The summed E-state index contributed by atoms with van der Waals surface area (Å²) < 4.78 is 42.2. The molecule has 2 aromatic carbocycles. The van der Waals surface area contributed by atoms with Gasteiger partial charge in [0.25, 0.3) is 0 Å². The van der Waals surface area contributed by atoms with Gasteiger partial charge in [-0.1, -0.05) is 29.8 Å². The third-order valence-corrected chi connectivity index (χ3v) is 7.37. The number of benzene rings is 2. The predicted molar refractivity (Wildman–Crippen MR) is 109 cm³/mol. The van der Waals surface area contributed by atoms with Gasteiger partial charge in [0.15, 0.2) is 11.5 Å². The van der Waals surface area contributed by atoms with Gasteiger partial charge in [-0.3, -0.25) is 0 Å². The van der Waals surface area contributed by atoms with Gasteiger partial charge in [-0.25, -0.2) is 8.42 Å². The molecule has 0 radical (unpaired) electrons. The molecule has 5 rings (SSSR count). The van der Waals surface area contributed by atoms with Crippen LogP contribution < -0.4 is 9.47 Å². The Balaban J connectivity index is 1.60. The zero-order chi connectivity index (χ0) is 20.0. The van der Waals surface area contributed by atoms with Crippen LogP contribution in [0.2, 0.25) is 0 Å². The standard InChI is InChI=1S/C22H22N2O4S/c1-16-4-6-17(7-5-16)22-19-3-2-10-23(19)11-12-24(22)29(25,26)18-8-9-20-21(15-18)28-14-13-27-20/h2-10,15,22H,11-14H2,1H3. The molecule has 1 unspecified atom stereocenters. The highest BCUT2D eigenvalue weighted by molar-refractivity contribution is 7.89. The Hall–Kier alpha value is -2.77. The molecule has 0 saturated heterocycles. The van der Waals surface area contributed by atoms with Crippen LogP contribution in [-0.2, 0) is 16.6 Å². The fourth-order valence-corrected chi connectivity index (χ4v) is 5.62. The summed E-state index contributed by atoms with van der Waals surface area (Å²) in [4.78, 5) is 0.221. The number of aryl methyl sites for hydroxylation is 1. The van der Waals surface area contributed by atoms with Crippen LogP contribution in [0.25, 0.3) is 0 Å². The minimum atomic E-state index is -3.74. The van der Waals surface area contributed by atoms with Crippen LogP contribution in [0.3, 0.4) is 0 Å². The van der Waals surface area contributed by atoms with Crippen LogP contribution in [0.4, 0.5) is 0 Å². The van der Waals surface area contributed by atoms with Gasteiger partial charge < -0.3 is 14.0 Å². The monoisotopic (exact) mass is 410 g/mol. The van der Waals surface area contributed by atoms with E-state index >= 15 is 0 Å². The largest absolute Gasteiger partial charge is 0.486 e. The molecule has 0 bridgehead atoms. The number of ether oxygens (including phenoxy) is 2. The van der Waals surface area contributed by atoms with E-state index < -0.39 is 10.0 Å². The van der Waals surface area contributed by atoms with E-state index in [0.717, 1.165) is 16.8 Å². The van der Waals surface area contributed by atoms with Crippen LogP contribution in [0.5, 0.6) is 11.5 Å². The highest BCUT2D eigenvalue weighted by Crippen LogP contribution is 2.39. The SMILES string of the molecule is Cc1ccc(C2c3cccn3CCN2S(=O)(=O)c2ccc3c(c2)OCCO3)cc1. The molecule has 2 aliphatic rings. The first-order valence-corrected chi connectivity index (χ1v) is 11.1. The molecule has 6 nitrogen and oxygen atoms in total. The first kappa shape index (κ1) is 18.3. The van der Waals surface area contributed by atoms with E-state index in [4.69, 9.17) is 9.47 Å². The summed E-state index contributed by atoms with van der Waals surface area (Å²) in [6, 6.07) is 16.5. The maximum Gasteiger partial charge on any atom is 0.244 e. The summed E-state index contributed by atoms with van der Waals surface area (Å²) in [5.41, 5.74) is 3.07. The molecule has 29 heavy (non-hydrogen) atoms. The molecule has 7 heteroatoms. The van der Waals surface area contributed by atoms with Crippen LogP contribution in [0, 0.1) is 6.92 Å². The van der Waals surface area contributed by atoms with Gasteiger partial charge in [0.05, 0.1) is 10.9 Å². The van der Waals surface area contributed by atoms with Gasteiger partial charge in [-0.05, 0) is 36.8 Å². The van der Waals surface area contributed by atoms with E-state index in [1.165, 1.54) is 0 Å². The summed E-state index contributed by atoms with van der Waals surface area (Å²) in [5, 5.41) is 0. The molecule has 1 atom stereocenters. The number of fused-ring (bicyclic) bond motifs is 2. The summed E-state index contributed by atoms with van der Waals surface area (Å²) >= 11 is 0. The van der Waals surface area contributed by atoms with Crippen molar-refractivity contribution >= 4 is 10.0 Å². The summed E-state index contributed by atoms with van der Waals surface area (Å²) in [5.74, 6) is 1.06. The minimum absolute atomic E-state index is 0.221. The van der Waals surface area contributed by atoms with Gasteiger partial charge >= 0.3 is 0 Å². The van der Waals surface area contributed by atoms with Crippen LogP contribution in [-0.4, -0.2) is 37.0 Å². The molecule has 0 aliphatic carbocycles. The molecular formula is C22H22N2O4S. The number of rotatable bonds is 3. The maximum atomic E-state index is 13.7. The van der Waals surface area contributed by atoms with Crippen molar-refractivity contribution < 1.29 is 17.9 Å². The normalized spacial score (nSPS) is 19.0. The van der Waals surface area contributed by atoms with E-state index in [-0.39, 0.29) is 10.9 Å². The molecular weight excluding hydrogens is 388 g/mol. The third kappa shape index (κ3) is 3.10. The summed E-state index contributed by atoms with van der Waals surface area (Å²) in [6.45, 7) is 3.93. The molecule has 3 heterocycles. The lowest BCUT2D eigenvalue weighted by atomic mass is 10.0. The third-order valence-electron chi connectivity index (χ3n) is 5.51. The molecule has 0 spiro atoms. The number of sulfonamides is 1. The highest BCUT2D eigenvalue weighted by atomic mass is 32.2. The summed E-state index contributed by atoms with van der Waals surface area (Å²) in [7, 11) is -3.74. The van der Waals surface area contributed by atoms with E-state index in [0.29, 0.717) is 37.8 Å². The number of nitrogens with zero attached hydrogens (tertiary/aromatic N) is 2. The smallest absolute Gasteiger partial charge is 0.244 e. The first-order chi connectivity index (χ1) is 14.0. The zero-order valence-electron chi connectivity index (χ0n) is 16.1. The van der Waals surface area contributed by atoms with Crippen molar-refractivity contribution in [2.45, 2.75) is 24.4 Å². The second-order valence-electron chi connectivity index (χ2n) is 7.36. The molecule has 150 valence electrons. The van der Waals surface area contributed by atoms with E-state index in [9.17, 15) is 8.42 Å². The van der Waals surface area contributed by atoms with Gasteiger partial charge in [0, 0.05) is 31.0 Å². The van der Waals surface area contributed by atoms with Crippen molar-refractivity contribution in [3.05, 3.63) is 77.6 Å². The van der Waals surface area contributed by atoms with E-state index in [1.54, 1.807) is 22.5 Å². The summed E-state index contributed by atoms with van der Waals surface area (Å²) in [6.07, 6.45) is 2.00. The molecule has 0 amide bonds. The van der Waals surface area contributed by atoms with E-state index in [1.807, 2.05) is 49.5 Å².